The molecule has 6 nitrogen and oxygen atoms in total. The molecule has 1 heterocycles. The largest absolute Gasteiger partial charge is 0.489 e. The molecule has 2 N–H and O–H groups in total. The van der Waals surface area contributed by atoms with Crippen LogP contribution in [0, 0.1) is 11.3 Å². The summed E-state index contributed by atoms with van der Waals surface area (Å²) in [6.45, 7) is 1.59. The van der Waals surface area contributed by atoms with Crippen LogP contribution in [0.5, 0.6) is 5.75 Å². The monoisotopic (exact) mass is 458 g/mol. The van der Waals surface area contributed by atoms with Crippen molar-refractivity contribution >= 4 is 11.9 Å². The van der Waals surface area contributed by atoms with Crippen molar-refractivity contribution in [2.45, 2.75) is 56.8 Å². The molecular weight excluding hydrogens is 423 g/mol. The Kier molecular flexibility index (Phi) is 7.07. The van der Waals surface area contributed by atoms with Crippen molar-refractivity contribution in [1.82, 2.24) is 4.90 Å². The number of fused-ring (bicyclic) bond motifs is 3. The number of hydrogen-bond acceptors (Lipinski definition) is 5. The van der Waals surface area contributed by atoms with Gasteiger partial charge in [-0.1, -0.05) is 12.1 Å². The molecule has 0 unspecified atom stereocenters. The Morgan fingerprint density at radius 1 is 1.09 bits per heavy atom. The molecule has 180 valence electrons. The molecule has 1 aromatic carbocycles. The van der Waals surface area contributed by atoms with Crippen LogP contribution in [-0.2, 0) is 19.7 Å². The van der Waals surface area contributed by atoms with Crippen LogP contribution < -0.4 is 10.5 Å². The first-order valence-electron chi connectivity index (χ1n) is 12.0. The third-order valence-corrected chi connectivity index (χ3v) is 8.32. The van der Waals surface area contributed by atoms with Crippen LogP contribution >= 0.6 is 0 Å². The maximum Gasteiger partial charge on any atom is 0.308 e. The summed E-state index contributed by atoms with van der Waals surface area (Å²) in [6.07, 6.45) is 7.69. The molecule has 7 heteroatoms. The molecule has 1 aliphatic heterocycles. The van der Waals surface area contributed by atoms with Crippen LogP contribution in [-0.4, -0.2) is 50.1 Å². The van der Waals surface area contributed by atoms with Crippen molar-refractivity contribution in [3.05, 3.63) is 41.7 Å². The van der Waals surface area contributed by atoms with Gasteiger partial charge in [-0.05, 0) is 74.5 Å². The number of ether oxygens (including phenoxy) is 2. The highest BCUT2D eigenvalue weighted by Crippen LogP contribution is 2.58. The molecule has 1 saturated heterocycles. The molecule has 1 aromatic rings. The molecule has 1 amide bonds. The van der Waals surface area contributed by atoms with E-state index in [0.29, 0.717) is 49.5 Å². The molecule has 5 rings (SSSR count). The lowest BCUT2D eigenvalue weighted by Gasteiger charge is -2.54. The molecule has 33 heavy (non-hydrogen) atoms. The minimum atomic E-state index is -0.236. The van der Waals surface area contributed by atoms with Gasteiger partial charge in [0.15, 0.2) is 0 Å². The van der Waals surface area contributed by atoms with Gasteiger partial charge in [0, 0.05) is 30.6 Å². The third kappa shape index (κ3) is 4.65. The van der Waals surface area contributed by atoms with Crippen LogP contribution in [0.1, 0.15) is 56.9 Å². The van der Waals surface area contributed by atoms with Crippen LogP contribution in [0.25, 0.3) is 0 Å². The lowest BCUT2D eigenvalue weighted by atomic mass is 9.51. The summed E-state index contributed by atoms with van der Waals surface area (Å²) in [7, 11) is 1.43. The fraction of sp³-hybridized carbons (Fsp3) is 0.615. The molecule has 0 radical (unpaired) electrons. The highest BCUT2D eigenvalue weighted by molar-refractivity contribution is 5.84. The number of rotatable bonds is 7. The van der Waals surface area contributed by atoms with Gasteiger partial charge in [-0.15, -0.1) is 0 Å². The molecule has 3 aliphatic carbocycles. The van der Waals surface area contributed by atoms with Gasteiger partial charge in [0.25, 0.3) is 0 Å². The number of amides is 1. The average molecular weight is 459 g/mol. The highest BCUT2D eigenvalue weighted by atomic mass is 19.1. The summed E-state index contributed by atoms with van der Waals surface area (Å²) in [5.74, 6) is 0.758. The van der Waals surface area contributed by atoms with E-state index in [1.54, 1.807) is 0 Å². The van der Waals surface area contributed by atoms with Crippen molar-refractivity contribution in [2.24, 2.45) is 17.1 Å². The number of hydrogen-bond donors (Lipinski definition) is 1. The van der Waals surface area contributed by atoms with E-state index in [4.69, 9.17) is 15.2 Å². The summed E-state index contributed by atoms with van der Waals surface area (Å²) in [4.78, 5) is 27.3. The van der Waals surface area contributed by atoms with Gasteiger partial charge in [0.05, 0.1) is 19.4 Å². The summed E-state index contributed by atoms with van der Waals surface area (Å²) < 4.78 is 23.2. The Morgan fingerprint density at radius 2 is 1.70 bits per heavy atom. The van der Waals surface area contributed by atoms with E-state index in [1.165, 1.54) is 12.7 Å². The van der Waals surface area contributed by atoms with E-state index in [2.05, 4.69) is 12.1 Å². The number of carbonyl (C=O) groups is 2. The Labute approximate surface area is 195 Å². The summed E-state index contributed by atoms with van der Waals surface area (Å²) >= 11 is 0. The van der Waals surface area contributed by atoms with Crippen LogP contribution in [0.4, 0.5) is 4.39 Å². The van der Waals surface area contributed by atoms with E-state index < -0.39 is 0 Å². The standard InChI is InChI=1S/C26H35FN2O4/c1-32-23(30)20-6-14-29(15-7-20)24(31)26-11-8-25(9-12-26,10-13-26)21-2-4-22(5-3-21)33-18-19(16-27)17-28/h2-5,16,20H,6-15,17-18,28H2,1H3. The predicted molar refractivity (Wildman–Crippen MR) is 123 cm³/mol. The summed E-state index contributed by atoms with van der Waals surface area (Å²) in [5.41, 5.74) is 7.09. The normalized spacial score (nSPS) is 28.0. The van der Waals surface area contributed by atoms with Gasteiger partial charge in [0.1, 0.15) is 12.4 Å². The number of esters is 1. The molecule has 0 aromatic heterocycles. The van der Waals surface area contributed by atoms with Gasteiger partial charge in [0.2, 0.25) is 5.91 Å². The zero-order valence-corrected chi connectivity index (χ0v) is 19.5. The van der Waals surface area contributed by atoms with Gasteiger partial charge in [-0.3, -0.25) is 9.59 Å². The zero-order chi connectivity index (χ0) is 23.5. The van der Waals surface area contributed by atoms with E-state index in [0.717, 1.165) is 38.5 Å². The minimum absolute atomic E-state index is 0.0799. The molecule has 0 atom stereocenters. The third-order valence-electron chi connectivity index (χ3n) is 8.32. The second-order valence-corrected chi connectivity index (χ2v) is 9.93. The molecular formula is C26H35FN2O4. The predicted octanol–water partition coefficient (Wildman–Crippen LogP) is 3.88. The van der Waals surface area contributed by atoms with Crippen molar-refractivity contribution in [1.29, 1.82) is 0 Å². The van der Waals surface area contributed by atoms with Gasteiger partial charge in [-0.2, -0.15) is 0 Å². The van der Waals surface area contributed by atoms with Gasteiger partial charge < -0.3 is 20.1 Å². The average Bonchev–Trinajstić information content (AvgIpc) is 2.90. The maximum absolute atomic E-state index is 13.5. The fourth-order valence-corrected chi connectivity index (χ4v) is 5.98. The van der Waals surface area contributed by atoms with Crippen molar-refractivity contribution in [2.75, 3.05) is 33.4 Å². The number of nitrogens with zero attached hydrogens (tertiary/aromatic N) is 1. The van der Waals surface area contributed by atoms with Crippen molar-refractivity contribution in [3.63, 3.8) is 0 Å². The number of carbonyl (C=O) groups excluding carboxylic acids is 2. The topological polar surface area (TPSA) is 81.9 Å². The number of methoxy groups -OCH3 is 1. The van der Waals surface area contributed by atoms with E-state index in [-0.39, 0.29) is 35.9 Å². The van der Waals surface area contributed by atoms with E-state index >= 15 is 0 Å². The lowest BCUT2D eigenvalue weighted by molar-refractivity contribution is -0.155. The fourth-order valence-electron chi connectivity index (χ4n) is 5.98. The zero-order valence-electron chi connectivity index (χ0n) is 19.5. The smallest absolute Gasteiger partial charge is 0.308 e. The summed E-state index contributed by atoms with van der Waals surface area (Å²) in [5, 5.41) is 0. The first kappa shape index (κ1) is 23.7. The number of halogens is 1. The van der Waals surface area contributed by atoms with Crippen molar-refractivity contribution in [3.8, 4) is 5.75 Å². The Morgan fingerprint density at radius 3 is 2.21 bits per heavy atom. The maximum atomic E-state index is 13.5. The minimum Gasteiger partial charge on any atom is -0.489 e. The second-order valence-electron chi connectivity index (χ2n) is 9.93. The SMILES string of the molecule is COC(=O)C1CCN(C(=O)C23CCC(c4ccc(OCC(=CF)CN)cc4)(CC2)CC3)CC1. The van der Waals surface area contributed by atoms with Gasteiger partial charge >= 0.3 is 5.97 Å². The Balaban J connectivity index is 1.35. The number of piperidine rings is 1. The van der Waals surface area contributed by atoms with Crippen LogP contribution in [0.3, 0.4) is 0 Å². The van der Waals surface area contributed by atoms with E-state index in [1.807, 2.05) is 17.0 Å². The van der Waals surface area contributed by atoms with Crippen molar-refractivity contribution < 1.29 is 23.5 Å². The molecule has 0 spiro atoms. The Hall–Kier alpha value is -2.41. The van der Waals surface area contributed by atoms with E-state index in [9.17, 15) is 14.0 Å². The second kappa shape index (κ2) is 9.84. The van der Waals surface area contributed by atoms with Crippen LogP contribution in [0.15, 0.2) is 36.2 Å². The first-order chi connectivity index (χ1) is 15.9. The Bertz CT molecular complexity index is 866. The first-order valence-corrected chi connectivity index (χ1v) is 12.0. The van der Waals surface area contributed by atoms with Gasteiger partial charge in [-0.25, -0.2) is 4.39 Å². The summed E-state index contributed by atoms with van der Waals surface area (Å²) in [6, 6.07) is 8.13. The molecule has 3 saturated carbocycles. The molecule has 4 fully saturated rings. The number of benzene rings is 1. The molecule has 4 aliphatic rings. The number of likely N-dealkylation sites (tertiary alicyclic amines) is 1. The number of nitrogens with two attached hydrogens (primary N) is 1. The van der Waals surface area contributed by atoms with Crippen LogP contribution in [0.2, 0.25) is 0 Å². The quantitative estimate of drug-likeness (QED) is 0.627. The molecule has 2 bridgehead atoms. The highest BCUT2D eigenvalue weighted by Gasteiger charge is 2.54. The lowest BCUT2D eigenvalue weighted by Crippen LogP contribution is -2.54.